The molecule has 0 rings (SSSR count). The van der Waals surface area contributed by atoms with Gasteiger partial charge in [-0.2, -0.15) is 0 Å². The number of nitrogens with zero attached hydrogens (tertiary/aromatic N) is 1. The number of quaternary nitrogens is 1. The number of phosphoric ester groups is 1. The number of aliphatic hydroxyl groups is 1. The monoisotopic (exact) mass is 837 g/mol. The maximum atomic E-state index is 12.7. The molecule has 11 heteroatoms. The molecular formula is C47H83NO9P+. The first-order valence-corrected chi connectivity index (χ1v) is 23.8. The Bertz CT molecular complexity index is 1230. The third kappa shape index (κ3) is 41.6. The van der Waals surface area contributed by atoms with Crippen molar-refractivity contribution in [3.8, 4) is 0 Å². The molecular weight excluding hydrogens is 753 g/mol. The van der Waals surface area contributed by atoms with E-state index in [0.717, 1.165) is 51.4 Å². The number of carbonyl (C=O) groups is 2. The number of phosphoric acid groups is 1. The van der Waals surface area contributed by atoms with E-state index in [-0.39, 0.29) is 32.5 Å². The molecule has 0 aliphatic carbocycles. The Kier molecular flexibility index (Phi) is 36.9. The van der Waals surface area contributed by atoms with E-state index in [0.29, 0.717) is 17.4 Å². The minimum absolute atomic E-state index is 0.00625. The summed E-state index contributed by atoms with van der Waals surface area (Å²) in [6.07, 6.45) is 44.2. The summed E-state index contributed by atoms with van der Waals surface area (Å²) in [7, 11) is 1.35. The SMILES string of the molecule is CC/C=C\C/C=C\C/C=C\C/C=C\C/C=C\C=C/C(O)CCC(=O)OC[C@H](COP(=O)(O)OCC[N+](C)(C)C)OC(=O)CCCCCCCCCCCCCCCC. The second kappa shape index (κ2) is 38.6. The lowest BCUT2D eigenvalue weighted by Gasteiger charge is -2.24. The lowest BCUT2D eigenvalue weighted by molar-refractivity contribution is -0.870. The Labute approximate surface area is 353 Å². The largest absolute Gasteiger partial charge is 0.472 e. The second-order valence-corrected chi connectivity index (χ2v) is 17.4. The molecule has 2 N–H and O–H groups in total. The summed E-state index contributed by atoms with van der Waals surface area (Å²) >= 11 is 0. The molecule has 0 aliphatic heterocycles. The van der Waals surface area contributed by atoms with Gasteiger partial charge in [0, 0.05) is 12.8 Å². The number of unbranched alkanes of at least 4 members (excludes halogenated alkanes) is 13. The van der Waals surface area contributed by atoms with E-state index in [1.165, 1.54) is 64.2 Å². The molecule has 0 bridgehead atoms. The molecule has 0 aliphatic rings. The highest BCUT2D eigenvalue weighted by molar-refractivity contribution is 7.47. The number of hydrogen-bond donors (Lipinski definition) is 2. The summed E-state index contributed by atoms with van der Waals surface area (Å²) < 4.78 is 34.1. The molecule has 0 spiro atoms. The van der Waals surface area contributed by atoms with Gasteiger partial charge >= 0.3 is 19.8 Å². The molecule has 334 valence electrons. The Balaban J connectivity index is 4.59. The van der Waals surface area contributed by atoms with Gasteiger partial charge in [0.05, 0.1) is 33.9 Å². The number of hydrogen-bond acceptors (Lipinski definition) is 8. The fourth-order valence-corrected chi connectivity index (χ4v) is 6.34. The Morgan fingerprint density at radius 2 is 1.12 bits per heavy atom. The number of allylic oxidation sites excluding steroid dienone is 11. The molecule has 0 amide bonds. The minimum atomic E-state index is -4.43. The molecule has 0 radical (unpaired) electrons. The number of aliphatic hydroxyl groups excluding tert-OH is 1. The van der Waals surface area contributed by atoms with Crippen LogP contribution in [0.4, 0.5) is 0 Å². The van der Waals surface area contributed by atoms with Crippen molar-refractivity contribution < 1.29 is 47.2 Å². The molecule has 3 atom stereocenters. The molecule has 0 aromatic carbocycles. The highest BCUT2D eigenvalue weighted by atomic mass is 31.2. The van der Waals surface area contributed by atoms with Crippen molar-refractivity contribution in [2.24, 2.45) is 0 Å². The van der Waals surface area contributed by atoms with E-state index < -0.39 is 38.6 Å². The lowest BCUT2D eigenvalue weighted by atomic mass is 10.0. The Morgan fingerprint density at radius 1 is 0.621 bits per heavy atom. The topological polar surface area (TPSA) is 129 Å². The third-order valence-corrected chi connectivity index (χ3v) is 10.1. The van der Waals surface area contributed by atoms with Crippen LogP contribution in [0.15, 0.2) is 72.9 Å². The molecule has 2 unspecified atom stereocenters. The summed E-state index contributed by atoms with van der Waals surface area (Å²) in [6, 6.07) is 0. The van der Waals surface area contributed by atoms with E-state index in [1.807, 2.05) is 33.3 Å². The highest BCUT2D eigenvalue weighted by Crippen LogP contribution is 2.43. The van der Waals surface area contributed by atoms with Crippen molar-refractivity contribution >= 4 is 19.8 Å². The predicted molar refractivity (Wildman–Crippen MR) is 239 cm³/mol. The fraction of sp³-hybridized carbons (Fsp3) is 0.702. The maximum Gasteiger partial charge on any atom is 0.472 e. The van der Waals surface area contributed by atoms with Gasteiger partial charge in [-0.1, -0.05) is 170 Å². The maximum absolute atomic E-state index is 12.7. The zero-order valence-electron chi connectivity index (χ0n) is 37.1. The molecule has 0 saturated carbocycles. The third-order valence-electron chi connectivity index (χ3n) is 9.12. The van der Waals surface area contributed by atoms with Crippen LogP contribution in [-0.2, 0) is 32.7 Å². The average Bonchev–Trinajstić information content (AvgIpc) is 3.17. The summed E-state index contributed by atoms with van der Waals surface area (Å²) in [6.45, 7) is 4.02. The van der Waals surface area contributed by atoms with Crippen LogP contribution in [0, 0.1) is 0 Å². The van der Waals surface area contributed by atoms with Gasteiger partial charge in [-0.25, -0.2) is 4.57 Å². The zero-order chi connectivity index (χ0) is 43.0. The van der Waals surface area contributed by atoms with Crippen LogP contribution in [0.3, 0.4) is 0 Å². The van der Waals surface area contributed by atoms with Crippen LogP contribution in [-0.4, -0.2) is 86.1 Å². The smallest absolute Gasteiger partial charge is 0.462 e. The van der Waals surface area contributed by atoms with Gasteiger partial charge in [0.2, 0.25) is 0 Å². The molecule has 0 saturated heterocycles. The Hall–Kier alpha value is -2.59. The van der Waals surface area contributed by atoms with Crippen molar-refractivity contribution in [3.05, 3.63) is 72.9 Å². The highest BCUT2D eigenvalue weighted by Gasteiger charge is 2.27. The van der Waals surface area contributed by atoms with Crippen LogP contribution in [0.25, 0.3) is 0 Å². The van der Waals surface area contributed by atoms with Gasteiger partial charge in [0.15, 0.2) is 6.10 Å². The van der Waals surface area contributed by atoms with E-state index in [9.17, 15) is 24.2 Å². The van der Waals surface area contributed by atoms with Gasteiger partial charge in [0.1, 0.15) is 19.8 Å². The summed E-state index contributed by atoms with van der Waals surface area (Å²) in [5.41, 5.74) is 0. The number of ether oxygens (including phenoxy) is 2. The van der Waals surface area contributed by atoms with Crippen LogP contribution in [0.2, 0.25) is 0 Å². The second-order valence-electron chi connectivity index (χ2n) is 15.9. The van der Waals surface area contributed by atoms with E-state index in [1.54, 1.807) is 12.2 Å². The van der Waals surface area contributed by atoms with Gasteiger partial charge in [0.25, 0.3) is 0 Å². The number of carbonyl (C=O) groups excluding carboxylic acids is 2. The van der Waals surface area contributed by atoms with Crippen LogP contribution in [0.1, 0.15) is 155 Å². The average molecular weight is 837 g/mol. The van der Waals surface area contributed by atoms with E-state index >= 15 is 0 Å². The molecule has 0 fully saturated rings. The van der Waals surface area contributed by atoms with Crippen LogP contribution < -0.4 is 0 Å². The first kappa shape index (κ1) is 55.4. The van der Waals surface area contributed by atoms with E-state index in [2.05, 4.69) is 62.5 Å². The quantitative estimate of drug-likeness (QED) is 0.0155. The molecule has 10 nitrogen and oxygen atoms in total. The van der Waals surface area contributed by atoms with Gasteiger partial charge in [-0.3, -0.25) is 18.6 Å². The lowest BCUT2D eigenvalue weighted by Crippen LogP contribution is -2.37. The van der Waals surface area contributed by atoms with Crippen LogP contribution >= 0.6 is 7.82 Å². The Morgan fingerprint density at radius 3 is 1.64 bits per heavy atom. The zero-order valence-corrected chi connectivity index (χ0v) is 38.0. The molecule has 0 heterocycles. The van der Waals surface area contributed by atoms with Gasteiger partial charge < -0.3 is 24.0 Å². The van der Waals surface area contributed by atoms with Crippen molar-refractivity contribution in [3.63, 3.8) is 0 Å². The van der Waals surface area contributed by atoms with Gasteiger partial charge in [-0.15, -0.1) is 0 Å². The summed E-state index contributed by atoms with van der Waals surface area (Å²) in [5, 5.41) is 10.3. The fourth-order valence-electron chi connectivity index (χ4n) is 5.59. The van der Waals surface area contributed by atoms with Crippen molar-refractivity contribution in [1.29, 1.82) is 0 Å². The first-order chi connectivity index (χ1) is 27.9. The number of esters is 2. The first-order valence-electron chi connectivity index (χ1n) is 22.3. The summed E-state index contributed by atoms with van der Waals surface area (Å²) in [5.74, 6) is -1.08. The molecule has 0 aromatic rings. The van der Waals surface area contributed by atoms with Crippen LogP contribution in [0.5, 0.6) is 0 Å². The van der Waals surface area contributed by atoms with Crippen molar-refractivity contribution in [1.82, 2.24) is 0 Å². The molecule has 0 aromatic heterocycles. The number of rotatable bonds is 39. The van der Waals surface area contributed by atoms with Crippen molar-refractivity contribution in [2.75, 3.05) is 47.5 Å². The van der Waals surface area contributed by atoms with Crippen molar-refractivity contribution in [2.45, 2.75) is 167 Å². The molecule has 58 heavy (non-hydrogen) atoms. The summed E-state index contributed by atoms with van der Waals surface area (Å²) in [4.78, 5) is 35.4. The minimum Gasteiger partial charge on any atom is -0.462 e. The number of likely N-dealkylation sites (N-methyl/N-ethyl adjacent to an activating group) is 1. The predicted octanol–water partition coefficient (Wildman–Crippen LogP) is 11.6. The normalized spacial score (nSPS) is 14.8. The van der Waals surface area contributed by atoms with E-state index in [4.69, 9.17) is 18.5 Å². The van der Waals surface area contributed by atoms with Gasteiger partial charge in [-0.05, 0) is 44.9 Å². The standard InChI is InChI=1S/C47H82NO9P/c1-6-8-10-12-14-16-18-20-22-23-24-26-28-30-32-34-36-44(49)38-39-46(50)54-42-45(43-56-58(52,53)55-41-40-48(3,4)5)57-47(51)37-35-33-31-29-27-25-21-19-17-15-13-11-9-7-2/h8,10,14,16,20,22,24,26,30,32,34,36,44-45,49H,6-7,9,11-13,15,17-19,21,23,25,27-29,31,33,35,37-43H2,1-5H3/p+1/b10-8-,16-14-,22-20-,26-24-,32-30-,36-34-/t44?,45-/m1/s1.